The van der Waals surface area contributed by atoms with Crippen molar-refractivity contribution in [1.82, 2.24) is 10.2 Å². The van der Waals surface area contributed by atoms with Crippen molar-refractivity contribution in [3.05, 3.63) is 64.7 Å². The van der Waals surface area contributed by atoms with Gasteiger partial charge in [-0.2, -0.15) is 0 Å². The van der Waals surface area contributed by atoms with Gasteiger partial charge in [-0.1, -0.05) is 63.2 Å². The fraction of sp³-hybridized carbons (Fsp3) is 0.440. The molecule has 2 aromatic carbocycles. The van der Waals surface area contributed by atoms with Gasteiger partial charge < -0.3 is 10.6 Å². The van der Waals surface area contributed by atoms with Gasteiger partial charge in [0.1, 0.15) is 0 Å². The summed E-state index contributed by atoms with van der Waals surface area (Å²) in [4.78, 5) is 26.8. The molecule has 1 atom stereocenters. The molecule has 0 bridgehead atoms. The summed E-state index contributed by atoms with van der Waals surface area (Å²) in [5.41, 5.74) is 5.28. The summed E-state index contributed by atoms with van der Waals surface area (Å²) >= 11 is 0. The molecule has 0 heterocycles. The highest BCUT2D eigenvalue weighted by Crippen LogP contribution is 2.22. The Kier molecular flexibility index (Phi) is 8.60. The average Bonchev–Trinajstić information content (AvgIpc) is 2.69. The molecule has 30 heavy (non-hydrogen) atoms. The molecule has 2 aromatic rings. The first-order valence-electron chi connectivity index (χ1n) is 10.6. The Balaban J connectivity index is 1.92. The molecule has 5 heteroatoms. The van der Waals surface area contributed by atoms with Crippen LogP contribution in [0, 0.1) is 19.8 Å². The highest BCUT2D eigenvalue weighted by atomic mass is 16.2. The molecule has 5 nitrogen and oxygen atoms in total. The number of hydrogen-bond acceptors (Lipinski definition) is 3. The Morgan fingerprint density at radius 1 is 0.933 bits per heavy atom. The minimum Gasteiger partial charge on any atom is -0.348 e. The van der Waals surface area contributed by atoms with Gasteiger partial charge >= 0.3 is 0 Å². The monoisotopic (exact) mass is 409 g/mol. The van der Waals surface area contributed by atoms with E-state index in [4.69, 9.17) is 0 Å². The van der Waals surface area contributed by atoms with Crippen LogP contribution in [0.3, 0.4) is 0 Å². The molecule has 2 amide bonds. The van der Waals surface area contributed by atoms with Crippen LogP contribution in [-0.4, -0.2) is 36.9 Å². The van der Waals surface area contributed by atoms with E-state index in [9.17, 15) is 9.59 Å². The minimum atomic E-state index is -0.127. The molecule has 0 unspecified atom stereocenters. The minimum absolute atomic E-state index is 0.0553. The number of amides is 2. The van der Waals surface area contributed by atoms with E-state index in [1.54, 1.807) is 11.9 Å². The second-order valence-corrected chi connectivity index (χ2v) is 8.37. The van der Waals surface area contributed by atoms with Gasteiger partial charge in [0, 0.05) is 5.69 Å². The Morgan fingerprint density at radius 3 is 2.03 bits per heavy atom. The van der Waals surface area contributed by atoms with Gasteiger partial charge in [-0.3, -0.25) is 14.5 Å². The molecule has 2 rings (SSSR count). The van der Waals surface area contributed by atoms with Gasteiger partial charge in [0.2, 0.25) is 11.8 Å². The topological polar surface area (TPSA) is 61.4 Å². The van der Waals surface area contributed by atoms with Crippen LogP contribution in [0.15, 0.2) is 42.5 Å². The third-order valence-electron chi connectivity index (χ3n) is 5.30. The van der Waals surface area contributed by atoms with E-state index in [0.717, 1.165) is 28.8 Å². The van der Waals surface area contributed by atoms with Crippen LogP contribution in [0.5, 0.6) is 0 Å². The first kappa shape index (κ1) is 23.6. The molecular formula is C25H35N3O2. The molecule has 162 valence electrons. The van der Waals surface area contributed by atoms with Crippen LogP contribution in [0.25, 0.3) is 0 Å². The highest BCUT2D eigenvalue weighted by Gasteiger charge is 2.20. The van der Waals surface area contributed by atoms with Crippen molar-refractivity contribution < 1.29 is 9.59 Å². The lowest BCUT2D eigenvalue weighted by Crippen LogP contribution is -2.41. The number of para-hydroxylation sites is 1. The standard InChI is InChI=1S/C25H35N3O2/c1-7-20-11-13-21(14-12-20)24(17(2)3)26-22(29)15-28(6)16-23(30)27-25-18(4)9-8-10-19(25)5/h8-14,17,24H,7,15-16H2,1-6H3,(H,26,29)(H,27,30)/t24-/m1/s1. The molecule has 0 aromatic heterocycles. The smallest absolute Gasteiger partial charge is 0.238 e. The van der Waals surface area contributed by atoms with Crippen molar-refractivity contribution in [2.45, 2.75) is 47.1 Å². The number of rotatable bonds is 9. The van der Waals surface area contributed by atoms with E-state index in [0.29, 0.717) is 0 Å². The zero-order valence-electron chi connectivity index (χ0n) is 19.1. The Labute approximate surface area is 180 Å². The lowest BCUT2D eigenvalue weighted by atomic mass is 9.95. The lowest BCUT2D eigenvalue weighted by molar-refractivity contribution is -0.123. The maximum atomic E-state index is 12.6. The van der Waals surface area contributed by atoms with Crippen molar-refractivity contribution in [2.75, 3.05) is 25.5 Å². The number of benzene rings is 2. The average molecular weight is 410 g/mol. The van der Waals surface area contributed by atoms with Crippen LogP contribution in [0.1, 0.15) is 49.1 Å². The molecule has 0 spiro atoms. The van der Waals surface area contributed by atoms with Gasteiger partial charge in [-0.05, 0) is 55.5 Å². The third-order valence-corrected chi connectivity index (χ3v) is 5.30. The van der Waals surface area contributed by atoms with Gasteiger partial charge in [-0.15, -0.1) is 0 Å². The molecule has 0 fully saturated rings. The van der Waals surface area contributed by atoms with E-state index in [-0.39, 0.29) is 36.9 Å². The summed E-state index contributed by atoms with van der Waals surface area (Å²) in [6.45, 7) is 10.6. The quantitative estimate of drug-likeness (QED) is 0.651. The van der Waals surface area contributed by atoms with E-state index in [2.05, 4.69) is 55.7 Å². The second-order valence-electron chi connectivity index (χ2n) is 8.37. The van der Waals surface area contributed by atoms with E-state index in [1.165, 1.54) is 5.56 Å². The number of aryl methyl sites for hydroxylation is 3. The van der Waals surface area contributed by atoms with Crippen LogP contribution in [-0.2, 0) is 16.0 Å². The normalized spacial score (nSPS) is 12.1. The number of carbonyl (C=O) groups excluding carboxylic acids is 2. The second kappa shape index (κ2) is 10.9. The van der Waals surface area contributed by atoms with Crippen molar-refractivity contribution in [3.63, 3.8) is 0 Å². The summed E-state index contributed by atoms with van der Waals surface area (Å²) < 4.78 is 0. The van der Waals surface area contributed by atoms with Crippen LogP contribution in [0.4, 0.5) is 5.69 Å². The molecule has 0 radical (unpaired) electrons. The zero-order chi connectivity index (χ0) is 22.3. The zero-order valence-corrected chi connectivity index (χ0v) is 19.1. The molecule has 0 aliphatic carbocycles. The van der Waals surface area contributed by atoms with E-state index in [1.807, 2.05) is 32.0 Å². The van der Waals surface area contributed by atoms with Crippen molar-refractivity contribution in [3.8, 4) is 0 Å². The SMILES string of the molecule is CCc1ccc([C@H](NC(=O)CN(C)CC(=O)Nc2c(C)cccc2C)C(C)C)cc1. The van der Waals surface area contributed by atoms with Crippen molar-refractivity contribution >= 4 is 17.5 Å². The Bertz CT molecular complexity index is 839. The summed E-state index contributed by atoms with van der Waals surface area (Å²) in [7, 11) is 1.78. The van der Waals surface area contributed by atoms with E-state index < -0.39 is 0 Å². The van der Waals surface area contributed by atoms with Crippen LogP contribution in [0.2, 0.25) is 0 Å². The van der Waals surface area contributed by atoms with Gasteiger partial charge in [0.05, 0.1) is 19.1 Å². The third kappa shape index (κ3) is 6.70. The lowest BCUT2D eigenvalue weighted by Gasteiger charge is -2.25. The molecule has 0 aliphatic rings. The first-order valence-corrected chi connectivity index (χ1v) is 10.6. The summed E-state index contributed by atoms with van der Waals surface area (Å²) in [5.74, 6) is 0.0490. The summed E-state index contributed by atoms with van der Waals surface area (Å²) in [6, 6.07) is 14.3. The molecule has 0 saturated carbocycles. The fourth-order valence-corrected chi connectivity index (χ4v) is 3.55. The molecule has 0 aliphatic heterocycles. The van der Waals surface area contributed by atoms with Crippen LogP contribution < -0.4 is 10.6 Å². The Morgan fingerprint density at radius 2 is 1.50 bits per heavy atom. The molecule has 0 saturated heterocycles. The maximum absolute atomic E-state index is 12.6. The molecule has 2 N–H and O–H groups in total. The number of anilines is 1. The fourth-order valence-electron chi connectivity index (χ4n) is 3.55. The van der Waals surface area contributed by atoms with Crippen molar-refractivity contribution in [2.24, 2.45) is 5.92 Å². The first-order chi connectivity index (χ1) is 14.2. The number of nitrogens with one attached hydrogen (secondary N) is 2. The maximum Gasteiger partial charge on any atom is 0.238 e. The van der Waals surface area contributed by atoms with Gasteiger partial charge in [0.15, 0.2) is 0 Å². The highest BCUT2D eigenvalue weighted by molar-refractivity contribution is 5.94. The Hall–Kier alpha value is -2.66. The van der Waals surface area contributed by atoms with Gasteiger partial charge in [-0.25, -0.2) is 0 Å². The summed E-state index contributed by atoms with van der Waals surface area (Å²) in [5, 5.41) is 6.10. The number of nitrogens with zero attached hydrogens (tertiary/aromatic N) is 1. The predicted molar refractivity (Wildman–Crippen MR) is 124 cm³/mol. The predicted octanol–water partition coefficient (Wildman–Crippen LogP) is 4.25. The summed E-state index contributed by atoms with van der Waals surface area (Å²) in [6.07, 6.45) is 0.994. The largest absolute Gasteiger partial charge is 0.348 e. The number of carbonyl (C=O) groups is 2. The number of likely N-dealkylation sites (N-methyl/N-ethyl adjacent to an activating group) is 1. The van der Waals surface area contributed by atoms with Crippen LogP contribution >= 0.6 is 0 Å². The van der Waals surface area contributed by atoms with E-state index >= 15 is 0 Å². The van der Waals surface area contributed by atoms with Crippen molar-refractivity contribution in [1.29, 1.82) is 0 Å². The number of hydrogen-bond donors (Lipinski definition) is 2. The van der Waals surface area contributed by atoms with Gasteiger partial charge in [0.25, 0.3) is 0 Å². The molecular weight excluding hydrogens is 374 g/mol.